The van der Waals surface area contributed by atoms with Crippen LogP contribution in [0.5, 0.6) is 11.5 Å². The second-order valence-electron chi connectivity index (χ2n) is 9.54. The molecule has 0 saturated heterocycles. The van der Waals surface area contributed by atoms with Crippen molar-refractivity contribution in [1.29, 1.82) is 0 Å². The fourth-order valence-corrected chi connectivity index (χ4v) is 5.85. The standard InChI is InChI=1S/C30H25F6NO4S/c1-21-8-5-15-27(16-21)42(38,39)37-20-28(19-22-9-3-2-4-10-22,23-11-6-13-25(17-23)40-29(31,32)33)24-12-7-14-26(18-24)41-30(34,35)36/h2-18,37H,19-20H2,1H3. The van der Waals surface area contributed by atoms with Crippen molar-refractivity contribution in [3.63, 3.8) is 0 Å². The Morgan fingerprint density at radius 3 is 1.69 bits per heavy atom. The van der Waals surface area contributed by atoms with Gasteiger partial charge in [-0.15, -0.1) is 26.3 Å². The van der Waals surface area contributed by atoms with Crippen molar-refractivity contribution in [3.05, 3.63) is 125 Å². The Morgan fingerprint density at radius 2 is 1.19 bits per heavy atom. The first-order chi connectivity index (χ1) is 19.7. The lowest BCUT2D eigenvalue weighted by Crippen LogP contribution is -2.43. The smallest absolute Gasteiger partial charge is 0.406 e. The van der Waals surface area contributed by atoms with Crippen molar-refractivity contribution in [2.24, 2.45) is 0 Å². The molecule has 12 heteroatoms. The Kier molecular flexibility index (Phi) is 8.88. The Bertz CT molecular complexity index is 1560. The zero-order valence-corrected chi connectivity index (χ0v) is 22.9. The van der Waals surface area contributed by atoms with Crippen molar-refractivity contribution in [3.8, 4) is 11.5 Å². The average Bonchev–Trinajstić information content (AvgIpc) is 2.90. The van der Waals surface area contributed by atoms with Crippen molar-refractivity contribution in [1.82, 2.24) is 4.72 Å². The van der Waals surface area contributed by atoms with Crippen LogP contribution in [0, 0.1) is 6.92 Å². The lowest BCUT2D eigenvalue weighted by atomic mass is 9.70. The molecule has 0 fully saturated rings. The molecule has 42 heavy (non-hydrogen) atoms. The number of sulfonamides is 1. The number of hydrogen-bond acceptors (Lipinski definition) is 4. The molecule has 4 aromatic rings. The van der Waals surface area contributed by atoms with Crippen LogP contribution in [0.1, 0.15) is 22.3 Å². The maximum absolute atomic E-state index is 13.4. The lowest BCUT2D eigenvalue weighted by molar-refractivity contribution is -0.275. The van der Waals surface area contributed by atoms with E-state index in [0.717, 1.165) is 24.3 Å². The first-order valence-electron chi connectivity index (χ1n) is 12.5. The van der Waals surface area contributed by atoms with Crippen molar-refractivity contribution in [2.75, 3.05) is 6.54 Å². The van der Waals surface area contributed by atoms with Gasteiger partial charge in [-0.1, -0.05) is 66.7 Å². The summed E-state index contributed by atoms with van der Waals surface area (Å²) in [5, 5.41) is 0. The van der Waals surface area contributed by atoms with Crippen molar-refractivity contribution < 1.29 is 44.2 Å². The van der Waals surface area contributed by atoms with E-state index in [4.69, 9.17) is 0 Å². The maximum atomic E-state index is 13.4. The summed E-state index contributed by atoms with van der Waals surface area (Å²) in [6.07, 6.45) is -10.1. The summed E-state index contributed by atoms with van der Waals surface area (Å²) in [5.41, 5.74) is 0.0844. The van der Waals surface area contributed by atoms with Crippen LogP contribution in [0.3, 0.4) is 0 Å². The molecule has 0 aliphatic rings. The molecule has 0 aromatic heterocycles. The van der Waals surface area contributed by atoms with E-state index >= 15 is 0 Å². The summed E-state index contributed by atoms with van der Waals surface area (Å²) in [7, 11) is -4.17. The van der Waals surface area contributed by atoms with E-state index < -0.39 is 46.2 Å². The molecule has 0 aliphatic heterocycles. The molecule has 0 heterocycles. The van der Waals surface area contributed by atoms with Crippen molar-refractivity contribution in [2.45, 2.75) is 36.4 Å². The second kappa shape index (κ2) is 12.1. The first kappa shape index (κ1) is 30.9. The zero-order chi connectivity index (χ0) is 30.6. The minimum Gasteiger partial charge on any atom is -0.406 e. The van der Waals surface area contributed by atoms with E-state index in [2.05, 4.69) is 14.2 Å². The summed E-state index contributed by atoms with van der Waals surface area (Å²) in [5.74, 6) is -1.16. The third kappa shape index (κ3) is 8.04. The minimum absolute atomic E-state index is 0.0187. The minimum atomic E-state index is -5.02. The van der Waals surface area contributed by atoms with E-state index in [9.17, 15) is 34.8 Å². The van der Waals surface area contributed by atoms with Gasteiger partial charge in [-0.3, -0.25) is 0 Å². The van der Waals surface area contributed by atoms with E-state index in [1.54, 1.807) is 49.4 Å². The van der Waals surface area contributed by atoms with Crippen LogP contribution in [-0.2, 0) is 21.9 Å². The SMILES string of the molecule is Cc1cccc(S(=O)(=O)NCC(Cc2ccccc2)(c2cccc(OC(F)(F)F)c2)c2cccc(OC(F)(F)F)c2)c1. The van der Waals surface area contributed by atoms with Gasteiger partial charge >= 0.3 is 12.7 Å². The predicted octanol–water partition coefficient (Wildman–Crippen LogP) is 7.30. The summed E-state index contributed by atoms with van der Waals surface area (Å²) in [6.45, 7) is 1.26. The molecule has 5 nitrogen and oxygen atoms in total. The van der Waals surface area contributed by atoms with Crippen LogP contribution >= 0.6 is 0 Å². The number of nitrogens with one attached hydrogen (secondary N) is 1. The summed E-state index contributed by atoms with van der Waals surface area (Å²) < 4.78 is 116. The number of alkyl halides is 6. The van der Waals surface area contributed by atoms with Crippen LogP contribution in [0.2, 0.25) is 0 Å². The molecule has 0 unspecified atom stereocenters. The Hall–Kier alpha value is -4.03. The maximum Gasteiger partial charge on any atom is 0.573 e. The number of hydrogen-bond donors (Lipinski definition) is 1. The fraction of sp³-hybridized carbons (Fsp3) is 0.200. The van der Waals surface area contributed by atoms with E-state index in [0.29, 0.717) is 11.1 Å². The Labute approximate surface area is 238 Å². The average molecular weight is 610 g/mol. The second-order valence-corrected chi connectivity index (χ2v) is 11.3. The van der Waals surface area contributed by atoms with Gasteiger partial charge in [-0.2, -0.15) is 0 Å². The van der Waals surface area contributed by atoms with E-state index in [1.165, 1.54) is 36.4 Å². The van der Waals surface area contributed by atoms with Gasteiger partial charge in [-0.25, -0.2) is 13.1 Å². The number of rotatable bonds is 10. The van der Waals surface area contributed by atoms with Gasteiger partial charge in [0, 0.05) is 12.0 Å². The number of halogens is 6. The molecule has 0 amide bonds. The van der Waals surface area contributed by atoms with Gasteiger partial charge in [0.05, 0.1) is 4.90 Å². The molecule has 0 saturated carbocycles. The van der Waals surface area contributed by atoms with Gasteiger partial charge in [0.15, 0.2) is 0 Å². The third-order valence-electron chi connectivity index (χ3n) is 6.45. The quantitative estimate of drug-likeness (QED) is 0.192. The number of aryl methyl sites for hydroxylation is 1. The zero-order valence-electron chi connectivity index (χ0n) is 22.0. The van der Waals surface area contributed by atoms with E-state index in [1.807, 2.05) is 0 Å². The molecule has 0 radical (unpaired) electrons. The molecule has 0 atom stereocenters. The Balaban J connectivity index is 1.92. The molecule has 4 aromatic carbocycles. The highest BCUT2D eigenvalue weighted by atomic mass is 32.2. The molecule has 0 spiro atoms. The highest BCUT2D eigenvalue weighted by Gasteiger charge is 2.39. The predicted molar refractivity (Wildman–Crippen MR) is 144 cm³/mol. The molecule has 1 N–H and O–H groups in total. The van der Waals surface area contributed by atoms with Crippen LogP contribution in [0.4, 0.5) is 26.3 Å². The lowest BCUT2D eigenvalue weighted by Gasteiger charge is -2.36. The highest BCUT2D eigenvalue weighted by molar-refractivity contribution is 7.89. The summed E-state index contributed by atoms with van der Waals surface area (Å²) in [4.78, 5) is -0.0561. The molecule has 4 rings (SSSR count). The van der Waals surface area contributed by atoms with Gasteiger partial charge in [0.1, 0.15) is 11.5 Å². The largest absolute Gasteiger partial charge is 0.573 e. The first-order valence-corrected chi connectivity index (χ1v) is 14.0. The monoisotopic (exact) mass is 609 g/mol. The molecular weight excluding hydrogens is 584 g/mol. The highest BCUT2D eigenvalue weighted by Crippen LogP contribution is 2.40. The van der Waals surface area contributed by atoms with Gasteiger partial charge in [-0.05, 0) is 72.0 Å². The van der Waals surface area contributed by atoms with Gasteiger partial charge < -0.3 is 9.47 Å². The van der Waals surface area contributed by atoms with E-state index in [-0.39, 0.29) is 22.4 Å². The van der Waals surface area contributed by atoms with Crippen LogP contribution < -0.4 is 14.2 Å². The summed E-state index contributed by atoms with van der Waals surface area (Å²) in [6, 6.07) is 24.5. The molecule has 0 aliphatic carbocycles. The number of ether oxygens (including phenoxy) is 2. The fourth-order valence-electron chi connectivity index (χ4n) is 4.65. The van der Waals surface area contributed by atoms with Crippen LogP contribution in [0.15, 0.2) is 108 Å². The topological polar surface area (TPSA) is 64.6 Å². The van der Waals surface area contributed by atoms with Gasteiger partial charge in [0.25, 0.3) is 0 Å². The normalized spacial score (nSPS) is 12.6. The van der Waals surface area contributed by atoms with Crippen LogP contribution in [0.25, 0.3) is 0 Å². The Morgan fingerprint density at radius 1 is 0.667 bits per heavy atom. The van der Waals surface area contributed by atoms with Crippen molar-refractivity contribution >= 4 is 10.0 Å². The van der Waals surface area contributed by atoms with Crippen LogP contribution in [-0.4, -0.2) is 27.7 Å². The summed E-state index contributed by atoms with van der Waals surface area (Å²) >= 11 is 0. The number of benzene rings is 4. The third-order valence-corrected chi connectivity index (χ3v) is 7.85. The molecular formula is C30H25F6NO4S. The molecule has 0 bridgehead atoms. The molecule has 222 valence electrons. The van der Waals surface area contributed by atoms with Gasteiger partial charge in [0.2, 0.25) is 10.0 Å².